The van der Waals surface area contributed by atoms with Crippen molar-refractivity contribution in [3.05, 3.63) is 0 Å². The summed E-state index contributed by atoms with van der Waals surface area (Å²) >= 11 is 1.90. The van der Waals surface area contributed by atoms with Gasteiger partial charge < -0.3 is 15.4 Å². The first-order valence-corrected chi connectivity index (χ1v) is 7.66. The van der Waals surface area contributed by atoms with Gasteiger partial charge in [0.25, 0.3) is 0 Å². The molecule has 5 heteroatoms. The van der Waals surface area contributed by atoms with Gasteiger partial charge in [-0.1, -0.05) is 12.8 Å². The Morgan fingerprint density at radius 3 is 2.65 bits per heavy atom. The first-order valence-electron chi connectivity index (χ1n) is 6.26. The summed E-state index contributed by atoms with van der Waals surface area (Å²) in [6.07, 6.45) is 6.98. The lowest BCUT2D eigenvalue weighted by molar-refractivity contribution is -0.120. The normalized spacial score (nSPS) is 10.5. The Balaban J connectivity index is 3.11. The predicted molar refractivity (Wildman–Crippen MR) is 74.6 cm³/mol. The Morgan fingerprint density at radius 2 is 1.94 bits per heavy atom. The molecule has 0 aliphatic carbocycles. The smallest absolute Gasteiger partial charge is 0.233 e. The Kier molecular flexibility index (Phi) is 13.6. The molecule has 0 aromatic carbocycles. The van der Waals surface area contributed by atoms with Gasteiger partial charge in [-0.05, 0) is 24.9 Å². The molecule has 102 valence electrons. The van der Waals surface area contributed by atoms with E-state index in [-0.39, 0.29) is 5.91 Å². The van der Waals surface area contributed by atoms with Gasteiger partial charge in [0.15, 0.2) is 0 Å². The van der Waals surface area contributed by atoms with Crippen LogP contribution in [-0.4, -0.2) is 51.3 Å². The highest BCUT2D eigenvalue weighted by Crippen LogP contribution is 2.03. The first-order chi connectivity index (χ1) is 8.31. The van der Waals surface area contributed by atoms with E-state index in [1.165, 1.54) is 25.0 Å². The van der Waals surface area contributed by atoms with Gasteiger partial charge in [0.05, 0.1) is 13.2 Å². The van der Waals surface area contributed by atoms with Crippen molar-refractivity contribution in [3.8, 4) is 0 Å². The number of unbranched alkanes of at least 4 members (excludes halogenated alkanes) is 3. The van der Waals surface area contributed by atoms with Crippen LogP contribution in [0.3, 0.4) is 0 Å². The third-order valence-electron chi connectivity index (χ3n) is 2.37. The number of thioether (sulfide) groups is 1. The summed E-state index contributed by atoms with van der Waals surface area (Å²) in [5, 5.41) is 5.92. The molecular formula is C12H26N2O2S. The number of ether oxygens (including phenoxy) is 1. The van der Waals surface area contributed by atoms with Gasteiger partial charge in [-0.3, -0.25) is 4.79 Å². The lowest BCUT2D eigenvalue weighted by Crippen LogP contribution is -2.35. The average Bonchev–Trinajstić information content (AvgIpc) is 2.33. The van der Waals surface area contributed by atoms with Crippen molar-refractivity contribution in [1.82, 2.24) is 10.6 Å². The molecule has 0 aliphatic heterocycles. The Morgan fingerprint density at radius 1 is 1.18 bits per heavy atom. The molecule has 1 amide bonds. The van der Waals surface area contributed by atoms with E-state index in [1.54, 1.807) is 7.11 Å². The second-order valence-electron chi connectivity index (χ2n) is 3.93. The number of nitrogens with one attached hydrogen (secondary N) is 2. The fourth-order valence-electron chi connectivity index (χ4n) is 1.39. The van der Waals surface area contributed by atoms with Gasteiger partial charge in [-0.25, -0.2) is 0 Å². The fraction of sp³-hybridized carbons (Fsp3) is 0.917. The maximum absolute atomic E-state index is 11.3. The quantitative estimate of drug-likeness (QED) is 0.520. The van der Waals surface area contributed by atoms with Crippen LogP contribution in [0.1, 0.15) is 25.7 Å². The molecule has 0 unspecified atom stereocenters. The van der Waals surface area contributed by atoms with E-state index >= 15 is 0 Å². The van der Waals surface area contributed by atoms with E-state index in [2.05, 4.69) is 16.9 Å². The van der Waals surface area contributed by atoms with Crippen LogP contribution in [0.5, 0.6) is 0 Å². The number of rotatable bonds is 12. The molecule has 4 nitrogen and oxygen atoms in total. The van der Waals surface area contributed by atoms with Crippen LogP contribution in [0.4, 0.5) is 0 Å². The van der Waals surface area contributed by atoms with Gasteiger partial charge in [-0.15, -0.1) is 0 Å². The first kappa shape index (κ1) is 16.7. The zero-order chi connectivity index (χ0) is 12.8. The number of carbonyl (C=O) groups excluding carboxylic acids is 1. The number of carbonyl (C=O) groups is 1. The molecular weight excluding hydrogens is 236 g/mol. The molecule has 0 rings (SSSR count). The lowest BCUT2D eigenvalue weighted by Gasteiger charge is -2.06. The van der Waals surface area contributed by atoms with Crippen LogP contribution in [0, 0.1) is 0 Å². The minimum Gasteiger partial charge on any atom is -0.383 e. The zero-order valence-electron chi connectivity index (χ0n) is 11.1. The van der Waals surface area contributed by atoms with E-state index in [1.807, 2.05) is 11.8 Å². The maximum Gasteiger partial charge on any atom is 0.233 e. The fourth-order valence-corrected chi connectivity index (χ4v) is 1.88. The molecule has 0 saturated carbocycles. The van der Waals surface area contributed by atoms with Crippen LogP contribution in [0.2, 0.25) is 0 Å². The predicted octanol–water partition coefficient (Wildman–Crippen LogP) is 1.26. The monoisotopic (exact) mass is 262 g/mol. The van der Waals surface area contributed by atoms with Crippen LogP contribution in [-0.2, 0) is 9.53 Å². The van der Waals surface area contributed by atoms with Crippen LogP contribution in [0.15, 0.2) is 0 Å². The average molecular weight is 262 g/mol. The SMILES string of the molecule is COCCNCC(=O)NCCCCCCSC. The van der Waals surface area contributed by atoms with Crippen molar-refractivity contribution in [2.24, 2.45) is 0 Å². The highest BCUT2D eigenvalue weighted by Gasteiger charge is 1.98. The van der Waals surface area contributed by atoms with E-state index in [0.29, 0.717) is 13.2 Å². The number of methoxy groups -OCH3 is 1. The molecule has 0 radical (unpaired) electrons. The summed E-state index contributed by atoms with van der Waals surface area (Å²) in [6, 6.07) is 0. The molecule has 0 saturated heterocycles. The summed E-state index contributed by atoms with van der Waals surface area (Å²) in [4.78, 5) is 11.3. The van der Waals surface area contributed by atoms with E-state index in [0.717, 1.165) is 19.5 Å². The van der Waals surface area contributed by atoms with Gasteiger partial charge in [0, 0.05) is 20.2 Å². The van der Waals surface area contributed by atoms with Crippen LogP contribution < -0.4 is 10.6 Å². The van der Waals surface area contributed by atoms with Gasteiger partial charge in [0.2, 0.25) is 5.91 Å². The molecule has 0 spiro atoms. The standard InChI is InChI=1S/C12H26N2O2S/c1-16-9-8-13-11-12(15)14-7-5-3-4-6-10-17-2/h13H,3-11H2,1-2H3,(H,14,15). The summed E-state index contributed by atoms with van der Waals surface area (Å²) in [7, 11) is 1.65. The topological polar surface area (TPSA) is 50.4 Å². The van der Waals surface area contributed by atoms with E-state index in [9.17, 15) is 4.79 Å². The van der Waals surface area contributed by atoms with Crippen molar-refractivity contribution in [3.63, 3.8) is 0 Å². The Hall–Kier alpha value is -0.260. The second-order valence-corrected chi connectivity index (χ2v) is 4.91. The molecule has 0 fully saturated rings. The Bertz CT molecular complexity index is 180. The lowest BCUT2D eigenvalue weighted by atomic mass is 10.2. The molecule has 0 heterocycles. The summed E-state index contributed by atoms with van der Waals surface area (Å²) < 4.78 is 4.87. The molecule has 17 heavy (non-hydrogen) atoms. The second kappa shape index (κ2) is 13.8. The van der Waals surface area contributed by atoms with Gasteiger partial charge in [0.1, 0.15) is 0 Å². The summed E-state index contributed by atoms with van der Waals surface area (Å²) in [5.74, 6) is 1.32. The van der Waals surface area contributed by atoms with Gasteiger partial charge >= 0.3 is 0 Å². The number of hydrogen-bond acceptors (Lipinski definition) is 4. The molecule has 2 N–H and O–H groups in total. The summed E-state index contributed by atoms with van der Waals surface area (Å²) in [5.41, 5.74) is 0. The van der Waals surface area contributed by atoms with Crippen molar-refractivity contribution in [2.75, 3.05) is 45.4 Å². The largest absolute Gasteiger partial charge is 0.383 e. The highest BCUT2D eigenvalue weighted by molar-refractivity contribution is 7.98. The third-order valence-corrected chi connectivity index (χ3v) is 3.06. The van der Waals surface area contributed by atoms with Crippen molar-refractivity contribution < 1.29 is 9.53 Å². The maximum atomic E-state index is 11.3. The number of hydrogen-bond donors (Lipinski definition) is 2. The minimum absolute atomic E-state index is 0.0743. The van der Waals surface area contributed by atoms with Gasteiger partial charge in [-0.2, -0.15) is 11.8 Å². The zero-order valence-corrected chi connectivity index (χ0v) is 11.9. The molecule has 0 aliphatic rings. The van der Waals surface area contributed by atoms with Crippen LogP contribution >= 0.6 is 11.8 Å². The van der Waals surface area contributed by atoms with Crippen molar-refractivity contribution >= 4 is 17.7 Å². The Labute approximate surface area is 109 Å². The van der Waals surface area contributed by atoms with Crippen LogP contribution in [0.25, 0.3) is 0 Å². The molecule has 0 bridgehead atoms. The minimum atomic E-state index is 0.0743. The van der Waals surface area contributed by atoms with E-state index in [4.69, 9.17) is 4.74 Å². The molecule has 0 atom stereocenters. The molecule has 0 aromatic rings. The summed E-state index contributed by atoms with van der Waals surface area (Å²) in [6.45, 7) is 2.54. The van der Waals surface area contributed by atoms with E-state index < -0.39 is 0 Å². The van der Waals surface area contributed by atoms with Crippen molar-refractivity contribution in [2.45, 2.75) is 25.7 Å². The number of amides is 1. The highest BCUT2D eigenvalue weighted by atomic mass is 32.2. The molecule has 0 aromatic heterocycles. The van der Waals surface area contributed by atoms with Crippen molar-refractivity contribution in [1.29, 1.82) is 0 Å². The third kappa shape index (κ3) is 13.7.